The number of thiol groups is 1. The van der Waals surface area contributed by atoms with Gasteiger partial charge in [0.1, 0.15) is 0 Å². The normalized spacial score (nSPS) is 11.1. The van der Waals surface area contributed by atoms with Gasteiger partial charge >= 0.3 is 0 Å². The number of nitrogens with one attached hydrogen (secondary N) is 1. The molecule has 16 heavy (non-hydrogen) atoms. The molecule has 3 aromatic rings. The number of hydrogen-bond donors (Lipinski definition) is 2. The van der Waals surface area contributed by atoms with Crippen LogP contribution in [0.3, 0.4) is 0 Å². The topological polar surface area (TPSA) is 23.9 Å². The van der Waals surface area contributed by atoms with Crippen LogP contribution in [-0.4, -0.2) is 6.21 Å². The summed E-state index contributed by atoms with van der Waals surface area (Å²) in [5.74, 6) is 0. The van der Waals surface area contributed by atoms with E-state index in [1.54, 1.807) is 11.3 Å². The highest BCUT2D eigenvalue weighted by atomic mass is 32.1. The van der Waals surface area contributed by atoms with E-state index in [4.69, 9.17) is 5.41 Å². The van der Waals surface area contributed by atoms with Crippen molar-refractivity contribution in [2.24, 2.45) is 0 Å². The summed E-state index contributed by atoms with van der Waals surface area (Å²) in [6.45, 7) is 0. The van der Waals surface area contributed by atoms with Crippen LogP contribution in [0.2, 0.25) is 0 Å². The maximum atomic E-state index is 7.32. The average molecular weight is 243 g/mol. The summed E-state index contributed by atoms with van der Waals surface area (Å²) in [6, 6.07) is 10.5. The zero-order valence-corrected chi connectivity index (χ0v) is 10.1. The Kier molecular flexibility index (Phi) is 2.23. The van der Waals surface area contributed by atoms with Gasteiger partial charge in [-0.1, -0.05) is 0 Å². The first kappa shape index (κ1) is 9.87. The van der Waals surface area contributed by atoms with Crippen molar-refractivity contribution in [2.45, 2.75) is 4.90 Å². The van der Waals surface area contributed by atoms with E-state index in [0.29, 0.717) is 0 Å². The van der Waals surface area contributed by atoms with E-state index < -0.39 is 0 Å². The van der Waals surface area contributed by atoms with Crippen LogP contribution in [0.15, 0.2) is 40.6 Å². The fraction of sp³-hybridized carbons (Fsp3) is 0. The minimum absolute atomic E-state index is 0.858. The maximum Gasteiger partial charge on any atom is 0.0349 e. The van der Waals surface area contributed by atoms with Crippen LogP contribution >= 0.6 is 24.0 Å². The SMILES string of the molecule is N=Cc1cc2cc3sccc3cc2cc1S. The number of benzene rings is 2. The van der Waals surface area contributed by atoms with Crippen molar-refractivity contribution in [3.05, 3.63) is 41.3 Å². The molecule has 0 bridgehead atoms. The fourth-order valence-corrected chi connectivity index (χ4v) is 2.97. The molecule has 0 aliphatic heterocycles. The standard InChI is InChI=1S/C13H9NS2/c14-7-11-4-10-6-13-8(1-2-16-13)3-9(10)5-12(11)15/h1-7,14-15H. The molecule has 0 fully saturated rings. The predicted molar refractivity (Wildman–Crippen MR) is 74.5 cm³/mol. The molecule has 0 radical (unpaired) electrons. The van der Waals surface area contributed by atoms with Gasteiger partial charge in [-0.3, -0.25) is 0 Å². The quantitative estimate of drug-likeness (QED) is 0.469. The molecule has 0 aliphatic carbocycles. The summed E-state index contributed by atoms with van der Waals surface area (Å²) in [5.41, 5.74) is 0.867. The molecular weight excluding hydrogens is 234 g/mol. The Morgan fingerprint density at radius 3 is 2.69 bits per heavy atom. The Morgan fingerprint density at radius 2 is 1.88 bits per heavy atom. The van der Waals surface area contributed by atoms with Crippen LogP contribution in [-0.2, 0) is 0 Å². The van der Waals surface area contributed by atoms with Crippen molar-refractivity contribution < 1.29 is 0 Å². The third kappa shape index (κ3) is 1.44. The first-order valence-electron chi connectivity index (χ1n) is 4.92. The van der Waals surface area contributed by atoms with Gasteiger partial charge < -0.3 is 5.41 Å². The summed E-state index contributed by atoms with van der Waals surface area (Å²) in [7, 11) is 0. The summed E-state index contributed by atoms with van der Waals surface area (Å²) >= 11 is 6.13. The highest BCUT2D eigenvalue weighted by Crippen LogP contribution is 2.29. The molecule has 3 heteroatoms. The summed E-state index contributed by atoms with van der Waals surface area (Å²) in [5, 5.41) is 13.0. The van der Waals surface area contributed by atoms with E-state index in [1.807, 2.05) is 12.1 Å². The average Bonchev–Trinajstić information content (AvgIpc) is 2.72. The molecule has 0 saturated heterocycles. The molecule has 0 aliphatic rings. The van der Waals surface area contributed by atoms with Crippen LogP contribution in [0.1, 0.15) is 5.56 Å². The molecule has 0 saturated carbocycles. The van der Waals surface area contributed by atoms with Gasteiger partial charge in [0.05, 0.1) is 0 Å². The van der Waals surface area contributed by atoms with Gasteiger partial charge in [0.25, 0.3) is 0 Å². The summed E-state index contributed by atoms with van der Waals surface area (Å²) in [6.07, 6.45) is 1.35. The number of fused-ring (bicyclic) bond motifs is 2. The predicted octanol–water partition coefficient (Wildman–Crippen LogP) is 4.34. The zero-order chi connectivity index (χ0) is 11.1. The molecule has 1 N–H and O–H groups in total. The summed E-state index contributed by atoms with van der Waals surface area (Å²) < 4.78 is 1.29. The lowest BCUT2D eigenvalue weighted by Crippen LogP contribution is -1.83. The lowest BCUT2D eigenvalue weighted by molar-refractivity contribution is 1.45. The number of thiophene rings is 1. The number of hydrogen-bond acceptors (Lipinski definition) is 3. The van der Waals surface area contributed by atoms with Crippen molar-refractivity contribution in [1.29, 1.82) is 5.41 Å². The molecule has 0 amide bonds. The Morgan fingerprint density at radius 1 is 1.06 bits per heavy atom. The van der Waals surface area contributed by atoms with E-state index in [2.05, 4.69) is 36.2 Å². The smallest absolute Gasteiger partial charge is 0.0349 e. The molecule has 0 unspecified atom stereocenters. The largest absolute Gasteiger partial charge is 0.308 e. The second kappa shape index (κ2) is 3.61. The first-order chi connectivity index (χ1) is 7.78. The van der Waals surface area contributed by atoms with Crippen LogP contribution in [0, 0.1) is 5.41 Å². The van der Waals surface area contributed by atoms with Crippen molar-refractivity contribution in [1.82, 2.24) is 0 Å². The van der Waals surface area contributed by atoms with Crippen molar-refractivity contribution in [3.63, 3.8) is 0 Å². The molecule has 1 heterocycles. The minimum atomic E-state index is 0.858. The van der Waals surface area contributed by atoms with Crippen molar-refractivity contribution >= 4 is 51.0 Å². The molecule has 0 spiro atoms. The van der Waals surface area contributed by atoms with Crippen molar-refractivity contribution in [2.75, 3.05) is 0 Å². The zero-order valence-electron chi connectivity index (χ0n) is 8.40. The Labute approximate surface area is 103 Å². The lowest BCUT2D eigenvalue weighted by Gasteiger charge is -2.03. The van der Waals surface area contributed by atoms with Crippen LogP contribution < -0.4 is 0 Å². The van der Waals surface area contributed by atoms with Gasteiger partial charge in [-0.05, 0) is 51.9 Å². The van der Waals surface area contributed by atoms with Crippen LogP contribution in [0.4, 0.5) is 0 Å². The Bertz CT molecular complexity index is 698. The second-order valence-electron chi connectivity index (χ2n) is 3.71. The third-order valence-corrected chi connectivity index (χ3v) is 3.98. The van der Waals surface area contributed by atoms with Crippen LogP contribution in [0.25, 0.3) is 20.9 Å². The van der Waals surface area contributed by atoms with E-state index in [9.17, 15) is 0 Å². The Hall–Kier alpha value is -1.32. The van der Waals surface area contributed by atoms with E-state index in [-0.39, 0.29) is 0 Å². The molecule has 1 nitrogen and oxygen atoms in total. The molecule has 1 aromatic heterocycles. The minimum Gasteiger partial charge on any atom is -0.308 e. The number of rotatable bonds is 1. The van der Waals surface area contributed by atoms with E-state index in [1.165, 1.54) is 27.1 Å². The van der Waals surface area contributed by atoms with Gasteiger partial charge in [0, 0.05) is 21.4 Å². The van der Waals surface area contributed by atoms with Gasteiger partial charge in [0.15, 0.2) is 0 Å². The van der Waals surface area contributed by atoms with Crippen LogP contribution in [0.5, 0.6) is 0 Å². The van der Waals surface area contributed by atoms with Gasteiger partial charge in [-0.2, -0.15) is 0 Å². The van der Waals surface area contributed by atoms with E-state index in [0.717, 1.165) is 10.5 Å². The molecule has 2 aromatic carbocycles. The second-order valence-corrected chi connectivity index (χ2v) is 5.14. The lowest BCUT2D eigenvalue weighted by atomic mass is 10.1. The molecule has 3 rings (SSSR count). The fourth-order valence-electron chi connectivity index (χ4n) is 1.88. The van der Waals surface area contributed by atoms with Gasteiger partial charge in [-0.15, -0.1) is 24.0 Å². The third-order valence-electron chi connectivity index (χ3n) is 2.71. The van der Waals surface area contributed by atoms with Gasteiger partial charge in [-0.25, -0.2) is 0 Å². The molecule has 0 atom stereocenters. The molecule has 78 valence electrons. The highest BCUT2D eigenvalue weighted by Gasteiger charge is 2.02. The Balaban J connectivity index is 2.45. The monoisotopic (exact) mass is 243 g/mol. The summed E-state index contributed by atoms with van der Waals surface area (Å²) in [4.78, 5) is 0.858. The van der Waals surface area contributed by atoms with Gasteiger partial charge in [0.2, 0.25) is 0 Å². The maximum absolute atomic E-state index is 7.32. The first-order valence-corrected chi connectivity index (χ1v) is 6.25. The molecular formula is C13H9NS2. The highest BCUT2D eigenvalue weighted by molar-refractivity contribution is 7.80. The van der Waals surface area contributed by atoms with E-state index >= 15 is 0 Å². The van der Waals surface area contributed by atoms with Crippen molar-refractivity contribution in [3.8, 4) is 0 Å².